The van der Waals surface area contributed by atoms with Crippen molar-refractivity contribution < 1.29 is 35.7 Å². The Morgan fingerprint density at radius 1 is 0.375 bits per heavy atom. The molecule has 64 heavy (non-hydrogen) atoms. The van der Waals surface area contributed by atoms with Crippen molar-refractivity contribution in [3.63, 3.8) is 0 Å². The highest BCUT2D eigenvalue weighted by Gasteiger charge is 2.30. The first-order valence-electron chi connectivity index (χ1n) is 20.0. The van der Waals surface area contributed by atoms with Crippen molar-refractivity contribution in [1.29, 1.82) is 0 Å². The Kier molecular flexibility index (Phi) is 8.07. The fourth-order valence-electron chi connectivity index (χ4n) is 8.94. The van der Waals surface area contributed by atoms with Crippen molar-refractivity contribution >= 4 is 84.8 Å². The third-order valence-electron chi connectivity index (χ3n) is 11.8. The summed E-state index contributed by atoms with van der Waals surface area (Å²) in [5.74, 6) is -4.05. The van der Waals surface area contributed by atoms with Crippen LogP contribution in [0.4, 0.5) is 0 Å². The summed E-state index contributed by atoms with van der Waals surface area (Å²) in [6.07, 6.45) is 0. The summed E-state index contributed by atoms with van der Waals surface area (Å²) < 4.78 is 4.45. The van der Waals surface area contributed by atoms with Gasteiger partial charge in [-0.05, 0) is 42.0 Å². The molecule has 0 bridgehead atoms. The van der Waals surface area contributed by atoms with Crippen LogP contribution in [0.25, 0.3) is 113 Å². The van der Waals surface area contributed by atoms with E-state index >= 15 is 0 Å². The molecular weight excluding hydrogens is 845 g/mol. The summed E-state index contributed by atoms with van der Waals surface area (Å²) in [6, 6.07) is 45.8. The Labute approximate surface area is 369 Å². The number of fused-ring (bicyclic) bond motifs is 9. The monoisotopic (exact) mass is 874 g/mol. The first-order valence-corrected chi connectivity index (χ1v) is 21.7. The molecule has 0 saturated heterocycles. The number of hydrogen-bond acceptors (Lipinski definition) is 12. The summed E-state index contributed by atoms with van der Waals surface area (Å²) in [6.45, 7) is 0. The van der Waals surface area contributed by atoms with E-state index in [0.717, 1.165) is 75.7 Å². The molecule has 0 radical (unpaired) electrons. The maximum atomic E-state index is 11.5. The van der Waals surface area contributed by atoms with Crippen molar-refractivity contribution in [3.05, 3.63) is 140 Å². The number of aromatic nitrogens is 4. The lowest BCUT2D eigenvalue weighted by atomic mass is 9.98. The van der Waals surface area contributed by atoms with Gasteiger partial charge in [0.15, 0.2) is 40.5 Å². The first kappa shape index (κ1) is 37.4. The van der Waals surface area contributed by atoms with Crippen molar-refractivity contribution in [2.24, 2.45) is 0 Å². The van der Waals surface area contributed by atoms with Crippen LogP contribution in [0.2, 0.25) is 0 Å². The second-order valence-electron chi connectivity index (χ2n) is 15.4. The summed E-state index contributed by atoms with van der Waals surface area (Å²) in [7, 11) is 0. The molecule has 0 unspecified atom stereocenters. The number of thiophene rings is 2. The van der Waals surface area contributed by atoms with Gasteiger partial charge in [-0.1, -0.05) is 103 Å². The number of rotatable bonds is 5. The van der Waals surface area contributed by atoms with Crippen LogP contribution in [0.15, 0.2) is 140 Å². The summed E-state index contributed by atoms with van der Waals surface area (Å²) in [5.41, 5.74) is 5.81. The molecule has 13 heteroatoms. The Balaban J connectivity index is 1.11. The van der Waals surface area contributed by atoms with Gasteiger partial charge in [-0.2, -0.15) is 0 Å². The van der Waals surface area contributed by atoms with Crippen molar-refractivity contribution in [2.45, 2.75) is 0 Å². The van der Waals surface area contributed by atoms with Crippen molar-refractivity contribution in [1.82, 2.24) is 19.5 Å². The molecule has 0 aliphatic carbocycles. The van der Waals surface area contributed by atoms with Crippen LogP contribution < -0.4 is 0 Å². The highest BCUT2D eigenvalue weighted by Crippen LogP contribution is 2.60. The second kappa shape index (κ2) is 13.8. The van der Waals surface area contributed by atoms with Crippen LogP contribution in [0, 0.1) is 0 Å². The number of phenols is 7. The van der Waals surface area contributed by atoms with E-state index < -0.39 is 40.2 Å². The molecule has 0 amide bonds. The molecule has 0 fully saturated rings. The lowest BCUT2D eigenvalue weighted by Gasteiger charge is -2.13. The van der Waals surface area contributed by atoms with E-state index in [1.54, 1.807) is 17.4 Å². The van der Waals surface area contributed by atoms with Gasteiger partial charge < -0.3 is 40.3 Å². The predicted molar refractivity (Wildman–Crippen MR) is 253 cm³/mol. The van der Waals surface area contributed by atoms with Gasteiger partial charge in [-0.3, -0.25) is 0 Å². The number of benzene rings is 8. The van der Waals surface area contributed by atoms with Gasteiger partial charge in [0, 0.05) is 53.2 Å². The Bertz CT molecular complexity index is 3880. The SMILES string of the molecule is Oc1c(O)c(O)c2c(sc3c(-c4ccc5c(c4)c4ccccc4n5-c4cccc5sc6cccc(-c7nc(-c8ccccc8)nc(-c8ccccc8)n7)c6c45)c(O)c(O)c(O)c32)c1O. The maximum Gasteiger partial charge on any atom is 0.205 e. The van der Waals surface area contributed by atoms with Crippen LogP contribution in [0.1, 0.15) is 0 Å². The molecule has 0 atom stereocenters. The van der Waals surface area contributed by atoms with Crippen molar-refractivity contribution in [2.75, 3.05) is 0 Å². The van der Waals surface area contributed by atoms with Gasteiger partial charge in [0.05, 0.1) is 36.9 Å². The van der Waals surface area contributed by atoms with Gasteiger partial charge in [-0.15, -0.1) is 22.7 Å². The van der Waals surface area contributed by atoms with Crippen molar-refractivity contribution in [3.8, 4) is 91.2 Å². The molecular formula is C51H30N4O7S2. The van der Waals surface area contributed by atoms with Gasteiger partial charge >= 0.3 is 0 Å². The fourth-order valence-corrected chi connectivity index (χ4v) is 11.4. The third-order valence-corrected chi connectivity index (χ3v) is 14.2. The lowest BCUT2D eigenvalue weighted by molar-refractivity contribution is 0.351. The molecule has 4 aromatic heterocycles. The van der Waals surface area contributed by atoms with Crippen LogP contribution in [-0.4, -0.2) is 55.3 Å². The van der Waals surface area contributed by atoms with E-state index in [1.807, 2.05) is 109 Å². The smallest absolute Gasteiger partial charge is 0.205 e. The molecule has 0 saturated carbocycles. The molecule has 0 spiro atoms. The molecule has 4 heterocycles. The van der Waals surface area contributed by atoms with E-state index in [2.05, 4.69) is 28.8 Å². The third kappa shape index (κ3) is 5.28. The van der Waals surface area contributed by atoms with Crippen LogP contribution >= 0.6 is 22.7 Å². The van der Waals surface area contributed by atoms with Gasteiger partial charge in [0.2, 0.25) is 17.2 Å². The summed E-state index contributed by atoms with van der Waals surface area (Å²) in [4.78, 5) is 15.2. The average molecular weight is 875 g/mol. The number of para-hydroxylation sites is 1. The molecule has 308 valence electrons. The van der Waals surface area contributed by atoms with Gasteiger partial charge in [-0.25, -0.2) is 15.0 Å². The van der Waals surface area contributed by atoms with Crippen LogP contribution in [0.3, 0.4) is 0 Å². The molecule has 12 rings (SSSR count). The Morgan fingerprint density at radius 3 is 1.64 bits per heavy atom. The minimum absolute atomic E-state index is 0.0674. The quantitative estimate of drug-likeness (QED) is 0.0648. The zero-order valence-corrected chi connectivity index (χ0v) is 34.6. The highest BCUT2D eigenvalue weighted by molar-refractivity contribution is 7.27. The van der Waals surface area contributed by atoms with E-state index in [0.29, 0.717) is 23.0 Å². The largest absolute Gasteiger partial charge is 0.504 e. The molecule has 7 N–H and O–H groups in total. The van der Waals surface area contributed by atoms with E-state index in [9.17, 15) is 35.7 Å². The standard InChI is InChI=1S/C51H30N4O7S2/c56-40-35(47-38(41(57)43(40)59)39-42(58)44(60)45(61)46(62)48(39)64-47)26-21-22-31-29(23-26)27-15-7-8-17-30(27)55(31)32-18-10-20-34-37(32)36-28(16-9-19-33(36)63-34)51-53-49(24-11-3-1-4-12-24)52-50(54-51)25-13-5-2-6-14-25/h1-23,56-62H. The van der Waals surface area contributed by atoms with Crippen LogP contribution in [0.5, 0.6) is 40.2 Å². The van der Waals surface area contributed by atoms with Crippen LogP contribution in [-0.2, 0) is 0 Å². The lowest BCUT2D eigenvalue weighted by Crippen LogP contribution is -2.00. The average Bonchev–Trinajstić information content (AvgIpc) is 4.03. The summed E-state index contributed by atoms with van der Waals surface area (Å²) in [5, 5.41) is 79.6. The fraction of sp³-hybridized carbons (Fsp3) is 0. The van der Waals surface area contributed by atoms with E-state index in [1.165, 1.54) is 0 Å². The number of nitrogens with zero attached hydrogens (tertiary/aromatic N) is 4. The first-order chi connectivity index (χ1) is 31.2. The number of aromatic hydroxyl groups is 7. The highest BCUT2D eigenvalue weighted by atomic mass is 32.1. The molecule has 8 aromatic carbocycles. The Morgan fingerprint density at radius 2 is 0.938 bits per heavy atom. The predicted octanol–water partition coefficient (Wildman–Crippen LogP) is 12.3. The Hall–Kier alpha value is -8.39. The zero-order chi connectivity index (χ0) is 43.5. The van der Waals surface area contributed by atoms with E-state index in [-0.39, 0.29) is 25.7 Å². The molecule has 0 aliphatic heterocycles. The molecule has 12 aromatic rings. The minimum atomic E-state index is -0.991. The maximum absolute atomic E-state index is 11.5. The summed E-state index contributed by atoms with van der Waals surface area (Å²) >= 11 is 2.55. The second-order valence-corrected chi connectivity index (χ2v) is 17.5. The number of phenolic OH excluding ortho intramolecular Hbond substituents is 7. The normalized spacial score (nSPS) is 11.9. The van der Waals surface area contributed by atoms with Gasteiger partial charge in [0.1, 0.15) is 0 Å². The van der Waals surface area contributed by atoms with Gasteiger partial charge in [0.25, 0.3) is 0 Å². The topological polar surface area (TPSA) is 185 Å². The molecule has 11 nitrogen and oxygen atoms in total. The zero-order valence-electron chi connectivity index (χ0n) is 33.0. The van der Waals surface area contributed by atoms with E-state index in [4.69, 9.17) is 15.0 Å². The molecule has 0 aliphatic rings. The minimum Gasteiger partial charge on any atom is -0.504 e. The number of hydrogen-bond donors (Lipinski definition) is 7.